The summed E-state index contributed by atoms with van der Waals surface area (Å²) in [5.41, 5.74) is 0.303. The van der Waals surface area contributed by atoms with Crippen LogP contribution in [0.3, 0.4) is 0 Å². The summed E-state index contributed by atoms with van der Waals surface area (Å²) in [5.74, 6) is 0. The molecule has 0 saturated carbocycles. The van der Waals surface area contributed by atoms with Crippen LogP contribution in [-0.2, 0) is 4.74 Å². The molecule has 2 saturated heterocycles. The summed E-state index contributed by atoms with van der Waals surface area (Å²) < 4.78 is 5.60. The van der Waals surface area contributed by atoms with Gasteiger partial charge in [-0.1, -0.05) is 0 Å². The molecule has 0 aromatic heterocycles. The monoisotopic (exact) mass is 170 g/mol. The van der Waals surface area contributed by atoms with Gasteiger partial charge in [-0.3, -0.25) is 4.90 Å². The SMILES string of the molecule is CNCC12CCC(COC1)N2C. The molecule has 0 aliphatic carbocycles. The minimum Gasteiger partial charge on any atom is -0.378 e. The molecule has 2 fully saturated rings. The van der Waals surface area contributed by atoms with Crippen molar-refractivity contribution >= 4 is 0 Å². The van der Waals surface area contributed by atoms with Crippen molar-refractivity contribution in [1.82, 2.24) is 10.2 Å². The van der Waals surface area contributed by atoms with Crippen molar-refractivity contribution < 1.29 is 4.74 Å². The van der Waals surface area contributed by atoms with Crippen molar-refractivity contribution in [3.8, 4) is 0 Å². The highest BCUT2D eigenvalue weighted by molar-refractivity contribution is 5.02. The van der Waals surface area contributed by atoms with Gasteiger partial charge in [0.15, 0.2) is 0 Å². The molecule has 0 amide bonds. The Kier molecular flexibility index (Phi) is 2.10. The van der Waals surface area contributed by atoms with Gasteiger partial charge in [0.1, 0.15) is 0 Å². The Morgan fingerprint density at radius 3 is 3.25 bits per heavy atom. The number of hydrogen-bond acceptors (Lipinski definition) is 3. The summed E-state index contributed by atoms with van der Waals surface area (Å²) in [6.07, 6.45) is 2.59. The van der Waals surface area contributed by atoms with Crippen LogP contribution in [-0.4, -0.2) is 50.3 Å². The first-order valence-electron chi connectivity index (χ1n) is 4.74. The second-order valence-electron chi connectivity index (χ2n) is 4.07. The van der Waals surface area contributed by atoms with E-state index in [-0.39, 0.29) is 0 Å². The van der Waals surface area contributed by atoms with Crippen LogP contribution in [0.15, 0.2) is 0 Å². The van der Waals surface area contributed by atoms with Gasteiger partial charge in [0, 0.05) is 12.6 Å². The van der Waals surface area contributed by atoms with Crippen LogP contribution in [0.1, 0.15) is 12.8 Å². The molecule has 0 spiro atoms. The average molecular weight is 170 g/mol. The fourth-order valence-electron chi connectivity index (χ4n) is 2.54. The van der Waals surface area contributed by atoms with E-state index < -0.39 is 0 Å². The standard InChI is InChI=1S/C9H18N2O/c1-10-6-9-4-3-8(11(9)2)5-12-7-9/h8,10H,3-7H2,1-2H3. The molecule has 2 atom stereocenters. The minimum atomic E-state index is 0.303. The molecule has 70 valence electrons. The predicted molar refractivity (Wildman–Crippen MR) is 48.3 cm³/mol. The van der Waals surface area contributed by atoms with Crippen molar-refractivity contribution in [1.29, 1.82) is 0 Å². The Bertz CT molecular complexity index is 164. The third kappa shape index (κ3) is 1.08. The van der Waals surface area contributed by atoms with E-state index in [1.165, 1.54) is 12.8 Å². The highest BCUT2D eigenvalue weighted by atomic mass is 16.5. The van der Waals surface area contributed by atoms with E-state index in [0.717, 1.165) is 19.8 Å². The van der Waals surface area contributed by atoms with Crippen molar-refractivity contribution in [3.05, 3.63) is 0 Å². The summed E-state index contributed by atoms with van der Waals surface area (Å²) >= 11 is 0. The van der Waals surface area contributed by atoms with E-state index in [2.05, 4.69) is 17.3 Å². The molecule has 2 unspecified atom stereocenters. The number of morpholine rings is 1. The summed E-state index contributed by atoms with van der Waals surface area (Å²) in [7, 11) is 4.25. The molecule has 3 heteroatoms. The summed E-state index contributed by atoms with van der Waals surface area (Å²) in [6, 6.07) is 0.673. The molecule has 12 heavy (non-hydrogen) atoms. The van der Waals surface area contributed by atoms with Crippen LogP contribution in [0.2, 0.25) is 0 Å². The first-order chi connectivity index (χ1) is 5.78. The summed E-state index contributed by atoms with van der Waals surface area (Å²) in [6.45, 7) is 2.89. The van der Waals surface area contributed by atoms with Gasteiger partial charge < -0.3 is 10.1 Å². The van der Waals surface area contributed by atoms with Crippen LogP contribution in [0.4, 0.5) is 0 Å². The maximum Gasteiger partial charge on any atom is 0.0663 e. The molecule has 1 N–H and O–H groups in total. The lowest BCUT2D eigenvalue weighted by Crippen LogP contribution is -2.58. The maximum absolute atomic E-state index is 5.60. The van der Waals surface area contributed by atoms with Crippen LogP contribution in [0, 0.1) is 0 Å². The number of ether oxygens (including phenoxy) is 1. The van der Waals surface area contributed by atoms with Gasteiger partial charge in [0.2, 0.25) is 0 Å². The lowest BCUT2D eigenvalue weighted by Gasteiger charge is -2.42. The lowest BCUT2D eigenvalue weighted by atomic mass is 9.97. The molecule has 0 aromatic rings. The van der Waals surface area contributed by atoms with Crippen molar-refractivity contribution in [3.63, 3.8) is 0 Å². The van der Waals surface area contributed by atoms with E-state index in [1.54, 1.807) is 0 Å². The van der Waals surface area contributed by atoms with Crippen molar-refractivity contribution in [2.75, 3.05) is 33.9 Å². The Hall–Kier alpha value is -0.120. The van der Waals surface area contributed by atoms with Crippen LogP contribution >= 0.6 is 0 Å². The Morgan fingerprint density at radius 2 is 2.50 bits per heavy atom. The molecule has 2 aliphatic rings. The fraction of sp³-hybridized carbons (Fsp3) is 1.00. The number of nitrogens with one attached hydrogen (secondary N) is 1. The number of fused-ring (bicyclic) bond motifs is 2. The zero-order valence-corrected chi connectivity index (χ0v) is 7.97. The van der Waals surface area contributed by atoms with Crippen LogP contribution in [0.25, 0.3) is 0 Å². The second kappa shape index (κ2) is 2.98. The molecular formula is C9H18N2O. The van der Waals surface area contributed by atoms with E-state index in [9.17, 15) is 0 Å². The van der Waals surface area contributed by atoms with Crippen LogP contribution < -0.4 is 5.32 Å². The predicted octanol–water partition coefficient (Wildman–Crippen LogP) is 0.0690. The van der Waals surface area contributed by atoms with E-state index in [1.807, 2.05) is 7.05 Å². The first-order valence-corrected chi connectivity index (χ1v) is 4.74. The first kappa shape index (κ1) is 8.48. The van der Waals surface area contributed by atoms with Crippen molar-refractivity contribution in [2.24, 2.45) is 0 Å². The Labute approximate surface area is 74.1 Å². The minimum absolute atomic E-state index is 0.303. The molecule has 2 rings (SSSR count). The van der Waals surface area contributed by atoms with Gasteiger partial charge in [0.05, 0.1) is 18.8 Å². The fourth-order valence-corrected chi connectivity index (χ4v) is 2.54. The highest BCUT2D eigenvalue weighted by Crippen LogP contribution is 2.35. The maximum atomic E-state index is 5.60. The topological polar surface area (TPSA) is 24.5 Å². The quantitative estimate of drug-likeness (QED) is 0.634. The molecule has 3 nitrogen and oxygen atoms in total. The third-order valence-electron chi connectivity index (χ3n) is 3.43. The molecule has 2 bridgehead atoms. The number of hydrogen-bond donors (Lipinski definition) is 1. The van der Waals surface area contributed by atoms with Crippen molar-refractivity contribution in [2.45, 2.75) is 24.4 Å². The average Bonchev–Trinajstić information content (AvgIpc) is 2.30. The lowest BCUT2D eigenvalue weighted by molar-refractivity contribution is -0.0529. The molecule has 0 aromatic carbocycles. The van der Waals surface area contributed by atoms with Gasteiger partial charge in [0.25, 0.3) is 0 Å². The molecule has 0 radical (unpaired) electrons. The largest absolute Gasteiger partial charge is 0.378 e. The molecular weight excluding hydrogens is 152 g/mol. The summed E-state index contributed by atoms with van der Waals surface area (Å²) in [5, 5.41) is 3.26. The zero-order valence-electron chi connectivity index (χ0n) is 7.97. The van der Waals surface area contributed by atoms with Gasteiger partial charge in [-0.25, -0.2) is 0 Å². The number of rotatable bonds is 2. The van der Waals surface area contributed by atoms with E-state index in [0.29, 0.717) is 11.6 Å². The normalized spacial score (nSPS) is 42.0. The Balaban J connectivity index is 2.12. The Morgan fingerprint density at radius 1 is 1.67 bits per heavy atom. The van der Waals surface area contributed by atoms with Gasteiger partial charge in [-0.2, -0.15) is 0 Å². The van der Waals surface area contributed by atoms with Crippen LogP contribution in [0.5, 0.6) is 0 Å². The highest BCUT2D eigenvalue weighted by Gasteiger charge is 2.46. The van der Waals surface area contributed by atoms with E-state index >= 15 is 0 Å². The van der Waals surface area contributed by atoms with Gasteiger partial charge >= 0.3 is 0 Å². The smallest absolute Gasteiger partial charge is 0.0663 e. The number of nitrogens with zero attached hydrogens (tertiary/aromatic N) is 1. The zero-order chi connectivity index (χ0) is 8.60. The van der Waals surface area contributed by atoms with E-state index in [4.69, 9.17) is 4.74 Å². The second-order valence-corrected chi connectivity index (χ2v) is 4.07. The summed E-state index contributed by atoms with van der Waals surface area (Å²) in [4.78, 5) is 2.51. The van der Waals surface area contributed by atoms with Gasteiger partial charge in [-0.05, 0) is 26.9 Å². The number of likely N-dealkylation sites (N-methyl/N-ethyl adjacent to an activating group) is 2. The molecule has 2 aliphatic heterocycles. The third-order valence-corrected chi connectivity index (χ3v) is 3.43. The molecule has 2 heterocycles. The van der Waals surface area contributed by atoms with Gasteiger partial charge in [-0.15, -0.1) is 0 Å².